The molecule has 206 valence electrons. The lowest BCUT2D eigenvalue weighted by molar-refractivity contribution is -0.125. The number of rotatable bonds is 7. The lowest BCUT2D eigenvalue weighted by Crippen LogP contribution is -2.32. The monoisotopic (exact) mass is 531 g/mol. The lowest BCUT2D eigenvalue weighted by atomic mass is 10.0. The molecule has 1 aromatic heterocycles. The molecule has 1 amide bonds. The molecule has 1 saturated carbocycles. The van der Waals surface area contributed by atoms with E-state index in [1.807, 2.05) is 32.0 Å². The van der Waals surface area contributed by atoms with Gasteiger partial charge < -0.3 is 25.4 Å². The number of phenols is 1. The van der Waals surface area contributed by atoms with Crippen LogP contribution in [-0.2, 0) is 22.6 Å². The number of carbonyl (C=O) groups excluding carboxylic acids is 2. The molecule has 5 rings (SSSR count). The number of hydrogen-bond acceptors (Lipinski definition) is 8. The maximum absolute atomic E-state index is 11.5. The molecule has 0 spiro atoms. The molecule has 0 unspecified atom stereocenters. The fourth-order valence-corrected chi connectivity index (χ4v) is 5.13. The van der Waals surface area contributed by atoms with Gasteiger partial charge in [-0.05, 0) is 44.2 Å². The van der Waals surface area contributed by atoms with E-state index in [0.29, 0.717) is 37.6 Å². The van der Waals surface area contributed by atoms with Crippen LogP contribution in [0.4, 0.5) is 11.5 Å². The summed E-state index contributed by atoms with van der Waals surface area (Å²) in [7, 11) is 0. The fraction of sp³-hybridized carbons (Fsp3) is 0.400. The van der Waals surface area contributed by atoms with Crippen LogP contribution < -0.4 is 15.4 Å². The first kappa shape index (κ1) is 27.9. The molecule has 2 heterocycles. The molecule has 1 aliphatic carbocycles. The molecule has 9 nitrogen and oxygen atoms in total. The number of ether oxygens (including phenoxy) is 1. The summed E-state index contributed by atoms with van der Waals surface area (Å²) in [5, 5.41) is 12.3. The Labute approximate surface area is 229 Å². The molecule has 1 atom stereocenters. The first-order valence-corrected chi connectivity index (χ1v) is 13.5. The van der Waals surface area contributed by atoms with Gasteiger partial charge in [0.25, 0.3) is 0 Å². The van der Waals surface area contributed by atoms with Crippen LogP contribution in [-0.4, -0.2) is 57.9 Å². The standard InChI is InChI=1S/C23H24N4O3.C7H13NO/c24-22-19-7-8-27(21-11-17(29)10-15-3-1-2-4-18(15)21)12-20(19)25-23(26-22)30-13-14-5-6-16(28)9-14;1-4-7(9)8(5-2)6-3/h1-4,10-11,14,29H,5-9,12-13H2,(H2,24,25,26);4H,1,5-6H2,2-3H3/t14-;/m0./s1. The van der Waals surface area contributed by atoms with Gasteiger partial charge in [-0.2, -0.15) is 9.97 Å². The summed E-state index contributed by atoms with van der Waals surface area (Å²) in [5.41, 5.74) is 8.98. The van der Waals surface area contributed by atoms with Gasteiger partial charge in [-0.3, -0.25) is 9.59 Å². The van der Waals surface area contributed by atoms with E-state index in [-0.39, 0.29) is 23.6 Å². The zero-order chi connectivity index (χ0) is 27.9. The van der Waals surface area contributed by atoms with Crippen molar-refractivity contribution in [1.82, 2.24) is 14.9 Å². The number of likely N-dealkylation sites (N-methyl/N-ethyl adjacent to an activating group) is 1. The third-order valence-corrected chi connectivity index (χ3v) is 7.29. The van der Waals surface area contributed by atoms with Crippen molar-refractivity contribution in [3.63, 3.8) is 0 Å². The molecule has 3 aromatic rings. The second-order valence-electron chi connectivity index (χ2n) is 9.85. The molecule has 0 saturated heterocycles. The maximum Gasteiger partial charge on any atom is 0.318 e. The van der Waals surface area contributed by atoms with Crippen molar-refractivity contribution in [2.24, 2.45) is 5.92 Å². The summed E-state index contributed by atoms with van der Waals surface area (Å²) in [6.45, 7) is 10.6. The van der Waals surface area contributed by atoms with Crippen molar-refractivity contribution in [2.45, 2.75) is 46.1 Å². The summed E-state index contributed by atoms with van der Waals surface area (Å²) in [6, 6.07) is 11.9. The minimum Gasteiger partial charge on any atom is -0.508 e. The minimum absolute atomic E-state index is 0.0139. The van der Waals surface area contributed by atoms with Crippen molar-refractivity contribution in [3.05, 3.63) is 60.3 Å². The van der Waals surface area contributed by atoms with E-state index < -0.39 is 0 Å². The minimum atomic E-state index is 0.0139. The largest absolute Gasteiger partial charge is 0.508 e. The third kappa shape index (κ3) is 6.66. The van der Waals surface area contributed by atoms with Crippen molar-refractivity contribution in [3.8, 4) is 11.8 Å². The number of fused-ring (bicyclic) bond motifs is 2. The molecular weight excluding hydrogens is 494 g/mol. The van der Waals surface area contributed by atoms with E-state index in [4.69, 9.17) is 10.5 Å². The van der Waals surface area contributed by atoms with Crippen LogP contribution in [0.1, 0.15) is 44.4 Å². The Kier molecular flexibility index (Phi) is 9.01. The second-order valence-corrected chi connectivity index (χ2v) is 9.85. The summed E-state index contributed by atoms with van der Waals surface area (Å²) in [5.74, 6) is 1.24. The van der Waals surface area contributed by atoms with Crippen LogP contribution in [0.25, 0.3) is 10.8 Å². The maximum atomic E-state index is 11.5. The number of nitrogens with zero attached hydrogens (tertiary/aromatic N) is 4. The Morgan fingerprint density at radius 2 is 2.00 bits per heavy atom. The first-order chi connectivity index (χ1) is 18.8. The first-order valence-electron chi connectivity index (χ1n) is 13.5. The quantitative estimate of drug-likeness (QED) is 0.434. The Morgan fingerprint density at radius 3 is 2.67 bits per heavy atom. The van der Waals surface area contributed by atoms with Gasteiger partial charge in [0.05, 0.1) is 18.8 Å². The Hall–Kier alpha value is -4.14. The van der Waals surface area contributed by atoms with Crippen molar-refractivity contribution >= 4 is 34.0 Å². The molecule has 1 aliphatic heterocycles. The predicted octanol–water partition coefficient (Wildman–Crippen LogP) is 4.27. The van der Waals surface area contributed by atoms with E-state index in [1.165, 1.54) is 6.08 Å². The third-order valence-electron chi connectivity index (χ3n) is 7.29. The second kappa shape index (κ2) is 12.6. The topological polar surface area (TPSA) is 122 Å². The van der Waals surface area contributed by atoms with E-state index in [0.717, 1.165) is 60.2 Å². The Balaban J connectivity index is 0.000000340. The van der Waals surface area contributed by atoms with Gasteiger partial charge in [-0.15, -0.1) is 0 Å². The van der Waals surface area contributed by atoms with Crippen molar-refractivity contribution in [2.75, 3.05) is 36.9 Å². The Morgan fingerprint density at radius 1 is 1.23 bits per heavy atom. The smallest absolute Gasteiger partial charge is 0.318 e. The van der Waals surface area contributed by atoms with Gasteiger partial charge in [-0.1, -0.05) is 30.8 Å². The number of aromatic nitrogens is 2. The number of anilines is 2. The fourth-order valence-electron chi connectivity index (χ4n) is 5.13. The highest BCUT2D eigenvalue weighted by molar-refractivity contribution is 5.95. The van der Waals surface area contributed by atoms with E-state index in [9.17, 15) is 14.7 Å². The summed E-state index contributed by atoms with van der Waals surface area (Å²) in [4.78, 5) is 35.1. The number of hydrogen-bond donors (Lipinski definition) is 2. The molecule has 1 fully saturated rings. The van der Waals surface area contributed by atoms with Crippen LogP contribution in [0.2, 0.25) is 0 Å². The van der Waals surface area contributed by atoms with Crippen LogP contribution in [0.3, 0.4) is 0 Å². The Bertz CT molecular complexity index is 1350. The summed E-state index contributed by atoms with van der Waals surface area (Å²) < 4.78 is 5.80. The number of aromatic hydroxyl groups is 1. The molecule has 39 heavy (non-hydrogen) atoms. The SMILES string of the molecule is C=CC(=O)N(CC)CC.Nc1nc(OC[C@H]2CCC(=O)C2)nc2c1CCN(c1cc(O)cc3ccccc13)C2. The average molecular weight is 532 g/mol. The van der Waals surface area contributed by atoms with Crippen LogP contribution in [0.15, 0.2) is 49.1 Å². The van der Waals surface area contributed by atoms with Crippen LogP contribution in [0.5, 0.6) is 11.8 Å². The number of carbonyl (C=O) groups is 2. The van der Waals surface area contributed by atoms with E-state index in [1.54, 1.807) is 17.0 Å². The van der Waals surface area contributed by atoms with Crippen molar-refractivity contribution < 1.29 is 19.4 Å². The molecule has 3 N–H and O–H groups in total. The zero-order valence-corrected chi connectivity index (χ0v) is 22.7. The highest BCUT2D eigenvalue weighted by atomic mass is 16.5. The highest BCUT2D eigenvalue weighted by Crippen LogP contribution is 2.35. The number of phenolic OH excluding ortho intramolecular Hbond substituents is 1. The number of ketones is 1. The molecule has 0 radical (unpaired) electrons. The number of amides is 1. The van der Waals surface area contributed by atoms with Gasteiger partial charge in [-0.25, -0.2) is 0 Å². The van der Waals surface area contributed by atoms with Gasteiger partial charge in [0, 0.05) is 61.1 Å². The zero-order valence-electron chi connectivity index (χ0n) is 22.7. The molecule has 0 bridgehead atoms. The number of benzene rings is 2. The van der Waals surface area contributed by atoms with Gasteiger partial charge in [0.2, 0.25) is 5.91 Å². The van der Waals surface area contributed by atoms with Gasteiger partial charge >= 0.3 is 6.01 Å². The predicted molar refractivity (Wildman–Crippen MR) is 153 cm³/mol. The molecule has 9 heteroatoms. The van der Waals surface area contributed by atoms with Crippen molar-refractivity contribution in [1.29, 1.82) is 0 Å². The number of nitrogens with two attached hydrogens (primary N) is 1. The van der Waals surface area contributed by atoms with E-state index in [2.05, 4.69) is 27.5 Å². The van der Waals surface area contributed by atoms with Crippen LogP contribution >= 0.6 is 0 Å². The molecular formula is C30H37N5O4. The molecule has 2 aromatic carbocycles. The average Bonchev–Trinajstić information content (AvgIpc) is 3.37. The van der Waals surface area contributed by atoms with Gasteiger partial charge in [0.15, 0.2) is 0 Å². The number of nitrogen functional groups attached to an aromatic ring is 1. The molecule has 2 aliphatic rings. The lowest BCUT2D eigenvalue weighted by Gasteiger charge is -2.31. The number of Topliss-reactive ketones (excluding diaryl/α,β-unsaturated/α-hetero) is 1. The highest BCUT2D eigenvalue weighted by Gasteiger charge is 2.25. The van der Waals surface area contributed by atoms with Gasteiger partial charge in [0.1, 0.15) is 17.4 Å². The van der Waals surface area contributed by atoms with E-state index >= 15 is 0 Å². The summed E-state index contributed by atoms with van der Waals surface area (Å²) >= 11 is 0. The van der Waals surface area contributed by atoms with Crippen LogP contribution in [0, 0.1) is 5.92 Å². The normalized spacial score (nSPS) is 16.3. The summed E-state index contributed by atoms with van der Waals surface area (Å²) in [6.07, 6.45) is 4.12.